The van der Waals surface area contributed by atoms with E-state index >= 15 is 0 Å². The quantitative estimate of drug-likeness (QED) is 0.782. The van der Waals surface area contributed by atoms with Crippen LogP contribution in [0.4, 0.5) is 0 Å². The van der Waals surface area contributed by atoms with Crippen LogP contribution in [0.25, 0.3) is 0 Å². The fourth-order valence-electron chi connectivity index (χ4n) is 5.99. The molecule has 1 spiro atoms. The van der Waals surface area contributed by atoms with E-state index in [1.807, 2.05) is 0 Å². The molecule has 1 N–H and O–H groups in total. The fraction of sp³-hybridized carbons (Fsp3) is 0.765. The first-order chi connectivity index (χ1) is 9.29. The Morgan fingerprint density at radius 1 is 1.25 bits per heavy atom. The first-order valence-electron chi connectivity index (χ1n) is 7.71. The van der Waals surface area contributed by atoms with E-state index in [-0.39, 0.29) is 22.7 Å². The molecule has 0 aliphatic heterocycles. The summed E-state index contributed by atoms with van der Waals surface area (Å²) >= 11 is 0. The zero-order chi connectivity index (χ0) is 14.8. The van der Waals surface area contributed by atoms with E-state index in [2.05, 4.69) is 20.8 Å². The van der Waals surface area contributed by atoms with Crippen molar-refractivity contribution in [1.82, 2.24) is 0 Å². The lowest BCUT2D eigenvalue weighted by Crippen LogP contribution is -2.42. The zero-order valence-corrected chi connectivity index (χ0v) is 12.7. The summed E-state index contributed by atoms with van der Waals surface area (Å²) in [5.74, 6) is -0.348. The number of carbonyl (C=O) groups excluding carboxylic acids is 1. The van der Waals surface area contributed by atoms with Crippen molar-refractivity contribution in [2.45, 2.75) is 65.7 Å². The first-order valence-corrected chi connectivity index (χ1v) is 7.71. The SMILES string of the molecule is CC(C)=C1C[C@@]2(C)C(=O)CC[C@]23CCC[C@]13CC(=O)O. The molecule has 3 heteroatoms. The van der Waals surface area contributed by atoms with Gasteiger partial charge in [0.1, 0.15) is 5.78 Å². The van der Waals surface area contributed by atoms with Gasteiger partial charge in [0.05, 0.1) is 6.42 Å². The molecule has 3 atom stereocenters. The maximum atomic E-state index is 12.5. The van der Waals surface area contributed by atoms with Crippen LogP contribution in [-0.4, -0.2) is 16.9 Å². The van der Waals surface area contributed by atoms with Crippen molar-refractivity contribution < 1.29 is 14.7 Å². The standard InChI is InChI=1S/C17H24O3/c1-11(2)12-9-15(3)13(18)5-8-17(15)7-4-6-16(12,17)10-14(19)20/h4-10H2,1-3H3,(H,19,20)/t15-,16-,17+/m0/s1. The number of aliphatic carboxylic acids is 1. The highest BCUT2D eigenvalue weighted by atomic mass is 16.4. The highest BCUT2D eigenvalue weighted by Gasteiger charge is 2.74. The number of carboxylic acid groups (broad SMARTS) is 1. The van der Waals surface area contributed by atoms with E-state index in [0.29, 0.717) is 12.2 Å². The van der Waals surface area contributed by atoms with Crippen molar-refractivity contribution in [3.63, 3.8) is 0 Å². The summed E-state index contributed by atoms with van der Waals surface area (Å²) in [7, 11) is 0. The van der Waals surface area contributed by atoms with E-state index in [9.17, 15) is 14.7 Å². The average molecular weight is 276 g/mol. The molecule has 0 aromatic rings. The molecule has 3 aliphatic rings. The van der Waals surface area contributed by atoms with E-state index in [4.69, 9.17) is 0 Å². The second-order valence-corrected chi connectivity index (χ2v) is 7.50. The third-order valence-electron chi connectivity index (χ3n) is 6.74. The van der Waals surface area contributed by atoms with E-state index < -0.39 is 5.97 Å². The summed E-state index contributed by atoms with van der Waals surface area (Å²) in [6.45, 7) is 6.28. The molecule has 20 heavy (non-hydrogen) atoms. The molecule has 0 heterocycles. The van der Waals surface area contributed by atoms with Gasteiger partial charge in [-0.2, -0.15) is 0 Å². The molecule has 0 unspecified atom stereocenters. The highest BCUT2D eigenvalue weighted by Crippen LogP contribution is 2.78. The van der Waals surface area contributed by atoms with Crippen molar-refractivity contribution in [2.24, 2.45) is 16.2 Å². The van der Waals surface area contributed by atoms with Gasteiger partial charge in [-0.3, -0.25) is 9.59 Å². The molecule has 0 aromatic carbocycles. The van der Waals surface area contributed by atoms with Gasteiger partial charge in [0.25, 0.3) is 0 Å². The minimum Gasteiger partial charge on any atom is -0.481 e. The molecule has 3 nitrogen and oxygen atoms in total. The second kappa shape index (κ2) is 3.96. The summed E-state index contributed by atoms with van der Waals surface area (Å²) in [6, 6.07) is 0. The normalized spacial score (nSPS) is 42.8. The number of carbonyl (C=O) groups is 2. The van der Waals surface area contributed by atoms with Crippen LogP contribution in [0, 0.1) is 16.2 Å². The van der Waals surface area contributed by atoms with Gasteiger partial charge >= 0.3 is 5.97 Å². The lowest BCUT2D eigenvalue weighted by Gasteiger charge is -2.44. The third-order valence-corrected chi connectivity index (χ3v) is 6.74. The van der Waals surface area contributed by atoms with Crippen LogP contribution >= 0.6 is 0 Å². The van der Waals surface area contributed by atoms with Gasteiger partial charge in [-0.25, -0.2) is 0 Å². The number of carboxylic acids is 1. The van der Waals surface area contributed by atoms with Crippen LogP contribution < -0.4 is 0 Å². The number of hydrogen-bond donors (Lipinski definition) is 1. The highest BCUT2D eigenvalue weighted by molar-refractivity contribution is 5.90. The Bertz CT molecular complexity index is 528. The summed E-state index contributed by atoms with van der Waals surface area (Å²) < 4.78 is 0. The number of rotatable bonds is 2. The number of Topliss-reactive ketones (excluding diaryl/α,β-unsaturated/α-hetero) is 1. The average Bonchev–Trinajstić information content (AvgIpc) is 2.87. The first kappa shape index (κ1) is 13.8. The topological polar surface area (TPSA) is 54.4 Å². The molecule has 3 fully saturated rings. The van der Waals surface area contributed by atoms with Crippen LogP contribution in [-0.2, 0) is 9.59 Å². The molecule has 110 valence electrons. The minimum absolute atomic E-state index is 0.0813. The molecule has 0 saturated heterocycles. The fourth-order valence-corrected chi connectivity index (χ4v) is 5.99. The van der Waals surface area contributed by atoms with Gasteiger partial charge in [0, 0.05) is 17.3 Å². The third kappa shape index (κ3) is 1.32. The summed E-state index contributed by atoms with van der Waals surface area (Å²) in [6.07, 6.45) is 5.58. The van der Waals surface area contributed by atoms with Crippen LogP contribution in [0.5, 0.6) is 0 Å². The Kier molecular flexibility index (Phi) is 2.74. The predicted octanol–water partition coefficient (Wildman–Crippen LogP) is 3.73. The molecule has 3 saturated carbocycles. The van der Waals surface area contributed by atoms with Crippen molar-refractivity contribution in [3.05, 3.63) is 11.1 Å². The Morgan fingerprint density at radius 2 is 1.95 bits per heavy atom. The maximum absolute atomic E-state index is 12.5. The number of ketones is 1. The Labute approximate surface area is 120 Å². The zero-order valence-electron chi connectivity index (χ0n) is 12.7. The van der Waals surface area contributed by atoms with Crippen molar-refractivity contribution in [3.8, 4) is 0 Å². The van der Waals surface area contributed by atoms with E-state index in [0.717, 1.165) is 32.1 Å². The number of hydrogen-bond acceptors (Lipinski definition) is 2. The van der Waals surface area contributed by atoms with Gasteiger partial charge in [-0.15, -0.1) is 0 Å². The summed E-state index contributed by atoms with van der Waals surface area (Å²) in [4.78, 5) is 24.1. The van der Waals surface area contributed by atoms with Crippen molar-refractivity contribution >= 4 is 11.8 Å². The van der Waals surface area contributed by atoms with Crippen LogP contribution in [0.15, 0.2) is 11.1 Å². The van der Waals surface area contributed by atoms with Crippen LogP contribution in [0.3, 0.4) is 0 Å². The molecule has 0 bridgehead atoms. The van der Waals surface area contributed by atoms with Gasteiger partial charge in [-0.05, 0) is 44.9 Å². The van der Waals surface area contributed by atoms with Gasteiger partial charge < -0.3 is 5.11 Å². The van der Waals surface area contributed by atoms with Crippen LogP contribution in [0.1, 0.15) is 65.7 Å². The van der Waals surface area contributed by atoms with Gasteiger partial charge in [0.15, 0.2) is 0 Å². The minimum atomic E-state index is -0.714. The second-order valence-electron chi connectivity index (χ2n) is 7.50. The van der Waals surface area contributed by atoms with Crippen LogP contribution in [0.2, 0.25) is 0 Å². The smallest absolute Gasteiger partial charge is 0.304 e. The van der Waals surface area contributed by atoms with Crippen molar-refractivity contribution in [1.29, 1.82) is 0 Å². The largest absolute Gasteiger partial charge is 0.481 e. The molecule has 3 rings (SSSR count). The number of allylic oxidation sites excluding steroid dienone is 2. The van der Waals surface area contributed by atoms with E-state index in [1.165, 1.54) is 11.1 Å². The molecular weight excluding hydrogens is 252 g/mol. The monoisotopic (exact) mass is 276 g/mol. The predicted molar refractivity (Wildman–Crippen MR) is 76.3 cm³/mol. The Hall–Kier alpha value is -1.12. The Morgan fingerprint density at radius 3 is 2.55 bits per heavy atom. The summed E-state index contributed by atoms with van der Waals surface area (Å²) in [5, 5.41) is 9.47. The molecule has 0 aromatic heterocycles. The maximum Gasteiger partial charge on any atom is 0.304 e. The van der Waals surface area contributed by atoms with Gasteiger partial charge in [0.2, 0.25) is 0 Å². The lowest BCUT2D eigenvalue weighted by atomic mass is 9.58. The molecule has 0 amide bonds. The lowest BCUT2D eigenvalue weighted by molar-refractivity contribution is -0.142. The molecular formula is C17H24O3. The van der Waals surface area contributed by atoms with Crippen molar-refractivity contribution in [2.75, 3.05) is 0 Å². The Balaban J connectivity index is 2.24. The molecule has 3 aliphatic carbocycles. The van der Waals surface area contributed by atoms with Gasteiger partial charge in [-0.1, -0.05) is 24.5 Å². The summed E-state index contributed by atoms with van der Waals surface area (Å²) in [5.41, 5.74) is 1.87. The molecule has 0 radical (unpaired) electrons. The van der Waals surface area contributed by atoms with E-state index in [1.54, 1.807) is 0 Å².